The molecule has 1 saturated carbocycles. The SMILES string of the molecule is C.CC.CC.CC.CC.CC(C)C1CC2(COC2)C1.CC(C)C1CCOC1.CC(C)C1CCOCC1.CC(C)C1COC1. The molecule has 0 aromatic carbocycles. The lowest BCUT2D eigenvalue weighted by atomic mass is 9.58. The molecule has 5 aliphatic rings. The number of hydrogen-bond acceptors (Lipinski definition) is 4. The second kappa shape index (κ2) is 31.8. The molecule has 4 aliphatic heterocycles. The highest BCUT2D eigenvalue weighted by Gasteiger charge is 2.50. The topological polar surface area (TPSA) is 36.9 Å². The summed E-state index contributed by atoms with van der Waals surface area (Å²) in [6, 6.07) is 0. The molecule has 0 aromatic heterocycles. The van der Waals surface area contributed by atoms with Gasteiger partial charge in [-0.3, -0.25) is 0 Å². The summed E-state index contributed by atoms with van der Waals surface area (Å²) >= 11 is 0. The summed E-state index contributed by atoms with van der Waals surface area (Å²) in [6.07, 6.45) is 6.70. The molecule has 5 rings (SSSR count). The first-order chi connectivity index (χ1) is 20.1. The van der Waals surface area contributed by atoms with Gasteiger partial charge in [0, 0.05) is 37.8 Å². The third-order valence-electron chi connectivity index (χ3n) is 8.87. The van der Waals surface area contributed by atoms with Crippen LogP contribution in [0.15, 0.2) is 0 Å². The van der Waals surface area contributed by atoms with E-state index in [4.69, 9.17) is 18.9 Å². The van der Waals surface area contributed by atoms with Crippen molar-refractivity contribution in [3.8, 4) is 0 Å². The minimum absolute atomic E-state index is 0. The Morgan fingerprint density at radius 3 is 0.953 bits per heavy atom. The molecule has 1 atom stereocenters. The Hall–Kier alpha value is -0.160. The molecule has 4 saturated heterocycles. The van der Waals surface area contributed by atoms with Gasteiger partial charge in [-0.25, -0.2) is 0 Å². The van der Waals surface area contributed by atoms with Gasteiger partial charge in [-0.1, -0.05) is 118 Å². The molecule has 1 aliphatic carbocycles. The summed E-state index contributed by atoms with van der Waals surface area (Å²) in [4.78, 5) is 0. The van der Waals surface area contributed by atoms with Gasteiger partial charge in [0.05, 0.1) is 26.4 Å². The van der Waals surface area contributed by atoms with Crippen molar-refractivity contribution in [1.82, 2.24) is 0 Å². The summed E-state index contributed by atoms with van der Waals surface area (Å²) in [7, 11) is 0. The number of ether oxygens (including phenoxy) is 4. The van der Waals surface area contributed by atoms with Crippen LogP contribution >= 0.6 is 0 Å². The van der Waals surface area contributed by atoms with E-state index in [0.29, 0.717) is 5.41 Å². The Labute approximate surface area is 274 Å². The predicted octanol–water partition coefficient (Wildman–Crippen LogP) is 11.8. The van der Waals surface area contributed by atoms with E-state index < -0.39 is 0 Å². The molecular formula is C39H86O4. The van der Waals surface area contributed by atoms with Gasteiger partial charge in [-0.15, -0.1) is 0 Å². The third kappa shape index (κ3) is 22.1. The summed E-state index contributed by atoms with van der Waals surface area (Å²) in [5.74, 6) is 7.03. The van der Waals surface area contributed by atoms with Crippen molar-refractivity contribution in [1.29, 1.82) is 0 Å². The zero-order valence-corrected chi connectivity index (χ0v) is 31.9. The van der Waals surface area contributed by atoms with Crippen molar-refractivity contribution < 1.29 is 18.9 Å². The van der Waals surface area contributed by atoms with E-state index in [9.17, 15) is 0 Å². The predicted molar refractivity (Wildman–Crippen MR) is 194 cm³/mol. The minimum atomic E-state index is 0. The molecule has 43 heavy (non-hydrogen) atoms. The largest absolute Gasteiger partial charge is 0.381 e. The van der Waals surface area contributed by atoms with Crippen LogP contribution in [-0.2, 0) is 18.9 Å². The van der Waals surface area contributed by atoms with Crippen LogP contribution in [0.5, 0.6) is 0 Å². The first-order valence-corrected chi connectivity index (χ1v) is 18.4. The Morgan fingerprint density at radius 1 is 0.419 bits per heavy atom. The molecule has 4 nitrogen and oxygen atoms in total. The fraction of sp³-hybridized carbons (Fsp3) is 1.00. The molecule has 0 aromatic rings. The number of rotatable bonds is 4. The average Bonchev–Trinajstić information content (AvgIpc) is 3.48. The highest BCUT2D eigenvalue weighted by Crippen LogP contribution is 2.53. The summed E-state index contributed by atoms with van der Waals surface area (Å²) in [5, 5.41) is 0. The maximum Gasteiger partial charge on any atom is 0.0545 e. The maximum atomic E-state index is 5.25. The standard InChI is InChI=1S/C9H16O.C8H16O.C7H14O.C6H12O.4C2H6.CH4/c1-7(2)8-3-9(4-8)5-10-6-9;1-7(2)8-3-5-9-6-4-8;1-6(2)7-3-4-8-5-7;1-5(2)6-3-7-4-6;4*1-2;/h7-8H,3-6H2,1-2H3;7-8H,3-6H2,1-2H3;6-7H,3-5H2,1-2H3;5-6H,3-4H2,1-2H3;4*1-2H3;1H4. The van der Waals surface area contributed by atoms with Gasteiger partial charge in [0.2, 0.25) is 0 Å². The molecule has 5 fully saturated rings. The smallest absolute Gasteiger partial charge is 0.0545 e. The third-order valence-corrected chi connectivity index (χ3v) is 8.87. The summed E-state index contributed by atoms with van der Waals surface area (Å²) in [5.41, 5.74) is 0.676. The molecule has 266 valence electrons. The van der Waals surface area contributed by atoms with Crippen LogP contribution in [0.2, 0.25) is 0 Å². The van der Waals surface area contributed by atoms with E-state index in [1.807, 2.05) is 55.4 Å². The molecule has 0 bridgehead atoms. The fourth-order valence-corrected chi connectivity index (χ4v) is 5.25. The van der Waals surface area contributed by atoms with Crippen LogP contribution in [-0.4, -0.2) is 52.9 Å². The van der Waals surface area contributed by atoms with Crippen molar-refractivity contribution in [2.24, 2.45) is 52.8 Å². The first-order valence-electron chi connectivity index (χ1n) is 18.4. The van der Waals surface area contributed by atoms with E-state index in [0.717, 1.165) is 100 Å². The molecule has 0 radical (unpaired) electrons. The number of hydrogen-bond donors (Lipinski definition) is 0. The van der Waals surface area contributed by atoms with Crippen molar-refractivity contribution in [3.05, 3.63) is 0 Å². The molecule has 1 unspecified atom stereocenters. The fourth-order valence-electron chi connectivity index (χ4n) is 5.25. The molecule has 1 spiro atoms. The first kappa shape index (κ1) is 49.7. The van der Waals surface area contributed by atoms with E-state index in [1.54, 1.807) is 0 Å². The molecule has 4 heterocycles. The summed E-state index contributed by atoms with van der Waals surface area (Å²) in [6.45, 7) is 42.3. The van der Waals surface area contributed by atoms with Gasteiger partial charge in [0.1, 0.15) is 0 Å². The van der Waals surface area contributed by atoms with Crippen molar-refractivity contribution >= 4 is 0 Å². The van der Waals surface area contributed by atoms with Gasteiger partial charge in [0.15, 0.2) is 0 Å². The molecule has 0 amide bonds. The molecular weight excluding hydrogens is 532 g/mol. The Balaban J connectivity index is -0.000000218. The lowest BCUT2D eigenvalue weighted by molar-refractivity contribution is -0.185. The zero-order chi connectivity index (χ0) is 33.1. The lowest BCUT2D eigenvalue weighted by Crippen LogP contribution is -2.53. The summed E-state index contributed by atoms with van der Waals surface area (Å²) < 4.78 is 20.7. The monoisotopic (exact) mass is 619 g/mol. The van der Waals surface area contributed by atoms with Crippen LogP contribution in [0.3, 0.4) is 0 Å². The Morgan fingerprint density at radius 2 is 0.767 bits per heavy atom. The highest BCUT2D eigenvalue weighted by molar-refractivity contribution is 4.98. The van der Waals surface area contributed by atoms with Gasteiger partial charge < -0.3 is 18.9 Å². The van der Waals surface area contributed by atoms with Crippen molar-refractivity contribution in [2.75, 3.05) is 52.9 Å². The zero-order valence-electron chi connectivity index (χ0n) is 31.9. The lowest BCUT2D eigenvalue weighted by Gasteiger charge is -2.54. The van der Waals surface area contributed by atoms with Gasteiger partial charge in [-0.05, 0) is 73.5 Å². The van der Waals surface area contributed by atoms with E-state index in [1.165, 1.54) is 32.1 Å². The van der Waals surface area contributed by atoms with E-state index >= 15 is 0 Å². The van der Waals surface area contributed by atoms with Gasteiger partial charge in [0.25, 0.3) is 0 Å². The van der Waals surface area contributed by atoms with E-state index in [2.05, 4.69) is 55.4 Å². The van der Waals surface area contributed by atoms with Crippen molar-refractivity contribution in [2.45, 2.75) is 150 Å². The second-order valence-corrected chi connectivity index (χ2v) is 13.0. The van der Waals surface area contributed by atoms with Crippen LogP contribution in [0, 0.1) is 52.8 Å². The van der Waals surface area contributed by atoms with Crippen LogP contribution < -0.4 is 0 Å². The molecule has 4 heteroatoms. The minimum Gasteiger partial charge on any atom is -0.381 e. The quantitative estimate of drug-likeness (QED) is 0.314. The van der Waals surface area contributed by atoms with Gasteiger partial charge >= 0.3 is 0 Å². The highest BCUT2D eigenvalue weighted by atomic mass is 16.5. The van der Waals surface area contributed by atoms with Crippen LogP contribution in [0.1, 0.15) is 150 Å². The van der Waals surface area contributed by atoms with Crippen molar-refractivity contribution in [3.63, 3.8) is 0 Å². The normalized spacial score (nSPS) is 21.6. The van der Waals surface area contributed by atoms with Crippen LogP contribution in [0.25, 0.3) is 0 Å². The molecule has 0 N–H and O–H groups in total. The average molecular weight is 619 g/mol. The van der Waals surface area contributed by atoms with Crippen LogP contribution in [0.4, 0.5) is 0 Å². The second-order valence-electron chi connectivity index (χ2n) is 13.0. The van der Waals surface area contributed by atoms with E-state index in [-0.39, 0.29) is 7.43 Å². The Kier molecular flexibility index (Phi) is 36.8. The van der Waals surface area contributed by atoms with Gasteiger partial charge in [-0.2, -0.15) is 0 Å². The Bertz CT molecular complexity index is 503. The maximum absolute atomic E-state index is 5.25.